The Morgan fingerprint density at radius 3 is 1.19 bits per heavy atom. The smallest absolute Gasteiger partial charge is 0.00134 e. The van der Waals surface area contributed by atoms with E-state index in [9.17, 15) is 0 Å². The molecule has 12 aromatic rings. The average Bonchev–Trinajstić information content (AvgIpc) is 3.47. The summed E-state index contributed by atoms with van der Waals surface area (Å²) in [4.78, 5) is 0. The van der Waals surface area contributed by atoms with Crippen LogP contribution in [0.2, 0.25) is 0 Å². The number of rotatable bonds is 5. The van der Waals surface area contributed by atoms with Gasteiger partial charge < -0.3 is 0 Å². The molecule has 0 nitrogen and oxygen atoms in total. The van der Waals surface area contributed by atoms with Crippen LogP contribution in [0.4, 0.5) is 0 Å². The molecule has 356 valence electrons. The topological polar surface area (TPSA) is 0 Å². The van der Waals surface area contributed by atoms with E-state index in [0.29, 0.717) is 0 Å². The first kappa shape index (κ1) is 42.9. The molecular formula is C74H60. The fourth-order valence-electron chi connectivity index (χ4n) is 15.4. The predicted octanol–water partition coefficient (Wildman–Crippen LogP) is 19.9. The second kappa shape index (κ2) is 17.0. The molecule has 0 fully saturated rings. The lowest BCUT2D eigenvalue weighted by Crippen LogP contribution is -2.05. The van der Waals surface area contributed by atoms with Crippen molar-refractivity contribution < 1.29 is 0 Å². The van der Waals surface area contributed by atoms with E-state index < -0.39 is 0 Å². The fourth-order valence-corrected chi connectivity index (χ4v) is 15.4. The zero-order valence-electron chi connectivity index (χ0n) is 42.5. The maximum absolute atomic E-state index is 2.61. The highest BCUT2D eigenvalue weighted by Gasteiger charge is 2.26. The third-order valence-electron chi connectivity index (χ3n) is 18.7. The Morgan fingerprint density at radius 2 is 0.622 bits per heavy atom. The summed E-state index contributed by atoms with van der Waals surface area (Å²) in [7, 11) is 0. The van der Waals surface area contributed by atoms with Gasteiger partial charge in [-0.15, -0.1) is 0 Å². The van der Waals surface area contributed by atoms with Crippen LogP contribution in [0.5, 0.6) is 0 Å². The van der Waals surface area contributed by atoms with Gasteiger partial charge in [-0.2, -0.15) is 0 Å². The van der Waals surface area contributed by atoms with Crippen molar-refractivity contribution in [2.24, 2.45) is 0 Å². The van der Waals surface area contributed by atoms with Crippen LogP contribution in [0.1, 0.15) is 95.9 Å². The standard InChI is InChI=1S/C74H60/c1-5-24-55-45(16-1)20-11-30-59(55)49-36-37-63-50(38-49)39-51(60-31-12-21-46-17-2-6-25-56(46)60)42-68(63)72-64-28-9-10-29-65(64)74-70-44-53(62-33-14-23-48-19-4-8-27-58(48)62)41-54-40-52(61-32-13-22-47-18-3-7-26-57(47)61)43-69(71(54)70)66-34-15-35-67(72)73(66)74/h9-15,20-23,28-44H,1-8,16-19,24-27H2. The van der Waals surface area contributed by atoms with E-state index in [2.05, 4.69) is 170 Å². The molecule has 12 aromatic carbocycles. The molecule has 0 atom stereocenters. The summed E-state index contributed by atoms with van der Waals surface area (Å²) in [6.45, 7) is 0. The highest BCUT2D eigenvalue weighted by atomic mass is 14.3. The molecular weight excluding hydrogens is 889 g/mol. The minimum Gasteiger partial charge on any atom is -0.0616 e. The van der Waals surface area contributed by atoms with Gasteiger partial charge in [-0.3, -0.25) is 0 Å². The summed E-state index contributed by atoms with van der Waals surface area (Å²) in [5.74, 6) is 0. The van der Waals surface area contributed by atoms with E-state index in [4.69, 9.17) is 0 Å². The summed E-state index contributed by atoms with van der Waals surface area (Å²) in [6, 6.07) is 68.1. The molecule has 0 spiro atoms. The van der Waals surface area contributed by atoms with Crippen LogP contribution in [0.15, 0.2) is 170 Å². The van der Waals surface area contributed by atoms with Crippen molar-refractivity contribution in [3.63, 3.8) is 0 Å². The van der Waals surface area contributed by atoms with E-state index in [1.165, 1.54) is 226 Å². The highest BCUT2D eigenvalue weighted by molar-refractivity contribution is 6.41. The molecule has 0 N–H and O–H groups in total. The van der Waals surface area contributed by atoms with E-state index in [0.717, 1.165) is 19.3 Å². The lowest BCUT2D eigenvalue weighted by atomic mass is 9.79. The molecule has 0 aliphatic heterocycles. The third-order valence-corrected chi connectivity index (χ3v) is 18.7. The Morgan fingerprint density at radius 1 is 0.216 bits per heavy atom. The predicted molar refractivity (Wildman–Crippen MR) is 316 cm³/mol. The molecule has 0 amide bonds. The molecule has 74 heavy (non-hydrogen) atoms. The summed E-state index contributed by atoms with van der Waals surface area (Å²) in [6.07, 6.45) is 19.5. The molecule has 4 aliphatic rings. The molecule has 0 radical (unpaired) electrons. The van der Waals surface area contributed by atoms with Gasteiger partial charge in [-0.1, -0.05) is 127 Å². The van der Waals surface area contributed by atoms with Crippen molar-refractivity contribution in [2.45, 2.75) is 103 Å². The Bertz CT molecular complexity index is 4300. The van der Waals surface area contributed by atoms with Gasteiger partial charge in [-0.25, -0.2) is 0 Å². The van der Waals surface area contributed by atoms with Crippen LogP contribution in [0.3, 0.4) is 0 Å². The van der Waals surface area contributed by atoms with Gasteiger partial charge in [0.25, 0.3) is 0 Å². The van der Waals surface area contributed by atoms with Gasteiger partial charge in [0, 0.05) is 0 Å². The molecule has 0 heterocycles. The summed E-state index contributed by atoms with van der Waals surface area (Å²) >= 11 is 0. The quantitative estimate of drug-likeness (QED) is 0.119. The van der Waals surface area contributed by atoms with Gasteiger partial charge >= 0.3 is 0 Å². The summed E-state index contributed by atoms with van der Waals surface area (Å²) < 4.78 is 0. The molecule has 0 unspecified atom stereocenters. The zero-order chi connectivity index (χ0) is 48.4. The molecule has 0 aromatic heterocycles. The number of aryl methyl sites for hydroxylation is 4. The normalized spacial score (nSPS) is 15.5. The van der Waals surface area contributed by atoms with E-state index in [1.54, 1.807) is 22.3 Å². The molecule has 0 bridgehead atoms. The van der Waals surface area contributed by atoms with Gasteiger partial charge in [0.15, 0.2) is 0 Å². The monoisotopic (exact) mass is 948 g/mol. The van der Waals surface area contributed by atoms with Crippen LogP contribution in [-0.4, -0.2) is 0 Å². The Hall–Kier alpha value is -7.54. The van der Waals surface area contributed by atoms with Gasteiger partial charge in [-0.05, 0) is 310 Å². The fraction of sp³-hybridized carbons (Fsp3) is 0.216. The molecule has 0 heteroatoms. The number of benzene rings is 12. The number of fused-ring (bicyclic) bond motifs is 9. The lowest BCUT2D eigenvalue weighted by molar-refractivity contribution is 0.687. The second-order valence-electron chi connectivity index (χ2n) is 22.7. The number of hydrogen-bond donors (Lipinski definition) is 0. The Kier molecular flexibility index (Phi) is 9.86. The summed E-state index contributed by atoms with van der Waals surface area (Å²) in [5.41, 5.74) is 26.1. The lowest BCUT2D eigenvalue weighted by Gasteiger charge is -2.24. The maximum atomic E-state index is 2.61. The zero-order valence-corrected chi connectivity index (χ0v) is 42.5. The van der Waals surface area contributed by atoms with Crippen molar-refractivity contribution in [2.75, 3.05) is 0 Å². The van der Waals surface area contributed by atoms with Crippen LogP contribution in [0, 0.1) is 0 Å². The van der Waals surface area contributed by atoms with Crippen LogP contribution in [0.25, 0.3) is 120 Å². The Labute approximate surface area is 435 Å². The van der Waals surface area contributed by atoms with Crippen molar-refractivity contribution in [1.29, 1.82) is 0 Å². The minimum atomic E-state index is 1.14. The highest BCUT2D eigenvalue weighted by Crippen LogP contribution is 2.52. The first-order valence-electron chi connectivity index (χ1n) is 28.3. The van der Waals surface area contributed by atoms with Crippen LogP contribution >= 0.6 is 0 Å². The maximum Gasteiger partial charge on any atom is -0.00134 e. The van der Waals surface area contributed by atoms with Crippen molar-refractivity contribution in [3.05, 3.63) is 214 Å². The average molecular weight is 949 g/mol. The van der Waals surface area contributed by atoms with Crippen molar-refractivity contribution in [1.82, 2.24) is 0 Å². The van der Waals surface area contributed by atoms with Crippen LogP contribution in [-0.2, 0) is 51.4 Å². The molecule has 4 aliphatic carbocycles. The largest absolute Gasteiger partial charge is 0.0616 e. The minimum absolute atomic E-state index is 1.14. The van der Waals surface area contributed by atoms with E-state index in [1.807, 2.05) is 0 Å². The van der Waals surface area contributed by atoms with Crippen molar-refractivity contribution >= 4 is 64.6 Å². The first-order valence-corrected chi connectivity index (χ1v) is 28.3. The van der Waals surface area contributed by atoms with E-state index in [-0.39, 0.29) is 0 Å². The van der Waals surface area contributed by atoms with Gasteiger partial charge in [0.1, 0.15) is 0 Å². The summed E-state index contributed by atoms with van der Waals surface area (Å²) in [5, 5.41) is 16.3. The number of hydrogen-bond acceptors (Lipinski definition) is 0. The second-order valence-corrected chi connectivity index (χ2v) is 22.7. The van der Waals surface area contributed by atoms with Crippen LogP contribution < -0.4 is 0 Å². The first-order chi connectivity index (χ1) is 36.7. The Balaban J connectivity index is 1.03. The molecule has 0 saturated carbocycles. The van der Waals surface area contributed by atoms with Gasteiger partial charge in [0.05, 0.1) is 0 Å². The molecule has 0 saturated heterocycles. The van der Waals surface area contributed by atoms with Crippen molar-refractivity contribution in [3.8, 4) is 55.6 Å². The van der Waals surface area contributed by atoms with E-state index >= 15 is 0 Å². The molecule has 16 rings (SSSR count). The third kappa shape index (κ3) is 6.59. The van der Waals surface area contributed by atoms with Gasteiger partial charge in [0.2, 0.25) is 0 Å². The SMILES string of the molecule is c1cc2c(c(-c3ccc4c(-c5c6ccccc6c6c7cc(-c8cccc9c8CCCC9)cc8cc(-c9cccc%10c9CCCC%10)cc(c9cccc5c96)c87)cc(-c5cccc6c5CCCC6)cc4c3)c1)CCCC2.